The molecule has 88 valence electrons. The van der Waals surface area contributed by atoms with Crippen molar-refractivity contribution in [2.24, 2.45) is 0 Å². The molecule has 0 bridgehead atoms. The SMILES string of the molecule is CCCC1(c2ccccc2)CC(Cl)CCO1. The summed E-state index contributed by atoms with van der Waals surface area (Å²) >= 11 is 6.31. The van der Waals surface area contributed by atoms with Crippen LogP contribution < -0.4 is 0 Å². The van der Waals surface area contributed by atoms with Gasteiger partial charge >= 0.3 is 0 Å². The van der Waals surface area contributed by atoms with E-state index in [1.54, 1.807) is 0 Å². The van der Waals surface area contributed by atoms with E-state index in [0.29, 0.717) is 0 Å². The lowest BCUT2D eigenvalue weighted by Gasteiger charge is -2.39. The maximum absolute atomic E-state index is 6.31. The van der Waals surface area contributed by atoms with Crippen molar-refractivity contribution in [2.45, 2.75) is 43.6 Å². The summed E-state index contributed by atoms with van der Waals surface area (Å²) in [6.07, 6.45) is 4.09. The van der Waals surface area contributed by atoms with Crippen LogP contribution in [0.4, 0.5) is 0 Å². The first-order valence-electron chi connectivity index (χ1n) is 6.10. The smallest absolute Gasteiger partial charge is 0.0945 e. The van der Waals surface area contributed by atoms with Crippen molar-refractivity contribution in [3.05, 3.63) is 35.9 Å². The van der Waals surface area contributed by atoms with Crippen LogP contribution in [-0.4, -0.2) is 12.0 Å². The third-order valence-electron chi connectivity index (χ3n) is 3.31. The highest BCUT2D eigenvalue weighted by molar-refractivity contribution is 6.20. The summed E-state index contributed by atoms with van der Waals surface area (Å²) < 4.78 is 6.08. The Morgan fingerprint density at radius 3 is 2.75 bits per heavy atom. The Morgan fingerprint density at radius 1 is 1.38 bits per heavy atom. The van der Waals surface area contributed by atoms with E-state index >= 15 is 0 Å². The van der Waals surface area contributed by atoms with Gasteiger partial charge in [0.05, 0.1) is 5.60 Å². The highest BCUT2D eigenvalue weighted by Gasteiger charge is 2.37. The lowest BCUT2D eigenvalue weighted by molar-refractivity contribution is -0.0882. The summed E-state index contributed by atoms with van der Waals surface area (Å²) in [4.78, 5) is 0. The summed E-state index contributed by atoms with van der Waals surface area (Å²) in [5, 5.41) is 0.250. The fourth-order valence-electron chi connectivity index (χ4n) is 2.57. The summed E-state index contributed by atoms with van der Waals surface area (Å²) in [7, 11) is 0. The highest BCUT2D eigenvalue weighted by Crippen LogP contribution is 2.40. The minimum absolute atomic E-state index is 0.138. The third-order valence-corrected chi connectivity index (χ3v) is 3.69. The van der Waals surface area contributed by atoms with Gasteiger partial charge in [0.15, 0.2) is 0 Å². The van der Waals surface area contributed by atoms with Gasteiger partial charge in [0, 0.05) is 12.0 Å². The van der Waals surface area contributed by atoms with Crippen molar-refractivity contribution in [3.8, 4) is 0 Å². The predicted octanol–water partition coefficient (Wildman–Crippen LogP) is 4.10. The maximum Gasteiger partial charge on any atom is 0.0945 e. The molecule has 1 aliphatic rings. The van der Waals surface area contributed by atoms with Gasteiger partial charge in [0.1, 0.15) is 0 Å². The number of rotatable bonds is 3. The monoisotopic (exact) mass is 238 g/mol. The first-order valence-corrected chi connectivity index (χ1v) is 6.54. The number of benzene rings is 1. The minimum atomic E-state index is -0.138. The molecule has 0 spiro atoms. The third kappa shape index (κ3) is 2.41. The number of hydrogen-bond donors (Lipinski definition) is 0. The number of alkyl halides is 1. The number of ether oxygens (including phenoxy) is 1. The molecule has 2 rings (SSSR count). The molecule has 1 heterocycles. The van der Waals surface area contributed by atoms with Crippen LogP contribution in [0.5, 0.6) is 0 Å². The molecule has 0 aliphatic carbocycles. The number of hydrogen-bond acceptors (Lipinski definition) is 1. The molecule has 2 atom stereocenters. The molecule has 2 unspecified atom stereocenters. The van der Waals surface area contributed by atoms with Gasteiger partial charge in [-0.15, -0.1) is 11.6 Å². The first-order chi connectivity index (χ1) is 7.77. The van der Waals surface area contributed by atoms with Crippen molar-refractivity contribution in [1.29, 1.82) is 0 Å². The van der Waals surface area contributed by atoms with E-state index in [9.17, 15) is 0 Å². The Hall–Kier alpha value is -0.530. The predicted molar refractivity (Wildman–Crippen MR) is 67.9 cm³/mol. The Balaban J connectivity index is 2.27. The molecule has 1 fully saturated rings. The van der Waals surface area contributed by atoms with Crippen LogP contribution in [0.15, 0.2) is 30.3 Å². The minimum Gasteiger partial charge on any atom is -0.370 e. The zero-order valence-electron chi connectivity index (χ0n) is 9.79. The molecule has 1 aromatic rings. The second kappa shape index (κ2) is 5.20. The van der Waals surface area contributed by atoms with Crippen LogP contribution in [0.1, 0.15) is 38.2 Å². The van der Waals surface area contributed by atoms with Crippen LogP contribution in [0.2, 0.25) is 0 Å². The second-order valence-electron chi connectivity index (χ2n) is 4.55. The molecule has 1 saturated heterocycles. The van der Waals surface area contributed by atoms with Crippen LogP contribution in [0.25, 0.3) is 0 Å². The van der Waals surface area contributed by atoms with E-state index in [0.717, 1.165) is 32.3 Å². The van der Waals surface area contributed by atoms with Gasteiger partial charge in [-0.2, -0.15) is 0 Å². The van der Waals surface area contributed by atoms with Crippen LogP contribution >= 0.6 is 11.6 Å². The van der Waals surface area contributed by atoms with Gasteiger partial charge < -0.3 is 4.74 Å². The molecule has 0 N–H and O–H groups in total. The molecule has 0 radical (unpaired) electrons. The summed E-state index contributed by atoms with van der Waals surface area (Å²) in [6, 6.07) is 10.5. The van der Waals surface area contributed by atoms with E-state index in [1.165, 1.54) is 5.56 Å². The first kappa shape index (κ1) is 11.9. The van der Waals surface area contributed by atoms with Gasteiger partial charge in [-0.05, 0) is 24.8 Å². The lowest BCUT2D eigenvalue weighted by Crippen LogP contribution is -2.37. The van der Waals surface area contributed by atoms with Crippen LogP contribution in [-0.2, 0) is 10.3 Å². The zero-order valence-corrected chi connectivity index (χ0v) is 10.5. The molecule has 1 nitrogen and oxygen atoms in total. The zero-order chi connectivity index (χ0) is 11.4. The fraction of sp³-hybridized carbons (Fsp3) is 0.571. The van der Waals surface area contributed by atoms with Crippen LogP contribution in [0, 0.1) is 0 Å². The largest absolute Gasteiger partial charge is 0.370 e. The van der Waals surface area contributed by atoms with Crippen molar-refractivity contribution in [2.75, 3.05) is 6.61 Å². The Kier molecular flexibility index (Phi) is 3.88. The molecule has 1 aliphatic heterocycles. The molecule has 0 amide bonds. The molecular weight excluding hydrogens is 220 g/mol. The van der Waals surface area contributed by atoms with E-state index in [1.807, 2.05) is 6.07 Å². The molecule has 1 aromatic carbocycles. The Bertz CT molecular complexity index is 321. The van der Waals surface area contributed by atoms with E-state index in [-0.39, 0.29) is 11.0 Å². The van der Waals surface area contributed by atoms with Gasteiger partial charge in [-0.3, -0.25) is 0 Å². The van der Waals surface area contributed by atoms with Gasteiger partial charge in [0.2, 0.25) is 0 Å². The fourth-order valence-corrected chi connectivity index (χ4v) is 2.90. The molecule has 0 aromatic heterocycles. The van der Waals surface area contributed by atoms with Crippen LogP contribution in [0.3, 0.4) is 0 Å². The summed E-state index contributed by atoms with van der Waals surface area (Å²) in [5.74, 6) is 0. The van der Waals surface area contributed by atoms with Crippen molar-refractivity contribution < 1.29 is 4.74 Å². The Morgan fingerprint density at radius 2 is 2.12 bits per heavy atom. The highest BCUT2D eigenvalue weighted by atomic mass is 35.5. The molecule has 2 heteroatoms. The van der Waals surface area contributed by atoms with Gasteiger partial charge in [0.25, 0.3) is 0 Å². The van der Waals surface area contributed by atoms with Gasteiger partial charge in [-0.25, -0.2) is 0 Å². The standard InChI is InChI=1S/C14H19ClO/c1-2-9-14(11-13(15)8-10-16-14)12-6-4-3-5-7-12/h3-7,13H,2,8-11H2,1H3. The summed E-state index contributed by atoms with van der Waals surface area (Å²) in [5.41, 5.74) is 1.14. The Labute approximate surface area is 103 Å². The van der Waals surface area contributed by atoms with E-state index in [2.05, 4.69) is 31.2 Å². The average molecular weight is 239 g/mol. The summed E-state index contributed by atoms with van der Waals surface area (Å²) in [6.45, 7) is 2.98. The van der Waals surface area contributed by atoms with Crippen molar-refractivity contribution >= 4 is 11.6 Å². The van der Waals surface area contributed by atoms with Crippen molar-refractivity contribution in [1.82, 2.24) is 0 Å². The lowest BCUT2D eigenvalue weighted by atomic mass is 9.83. The van der Waals surface area contributed by atoms with E-state index in [4.69, 9.17) is 16.3 Å². The second-order valence-corrected chi connectivity index (χ2v) is 5.17. The van der Waals surface area contributed by atoms with Gasteiger partial charge in [-0.1, -0.05) is 43.7 Å². The number of halogens is 1. The molecular formula is C14H19ClO. The molecule has 0 saturated carbocycles. The topological polar surface area (TPSA) is 9.23 Å². The average Bonchev–Trinajstić information content (AvgIpc) is 2.31. The maximum atomic E-state index is 6.31. The quantitative estimate of drug-likeness (QED) is 0.721. The normalized spacial score (nSPS) is 30.2. The van der Waals surface area contributed by atoms with Crippen molar-refractivity contribution in [3.63, 3.8) is 0 Å². The van der Waals surface area contributed by atoms with E-state index < -0.39 is 0 Å². The molecule has 16 heavy (non-hydrogen) atoms.